The second-order valence-electron chi connectivity index (χ2n) is 3.08. The van der Waals surface area contributed by atoms with E-state index in [1.807, 2.05) is 31.2 Å². The molecule has 2 heteroatoms. The van der Waals surface area contributed by atoms with Gasteiger partial charge in [0.05, 0.1) is 13.2 Å². The first-order chi connectivity index (χ1) is 6.77. The monoisotopic (exact) mass is 189 g/mol. The van der Waals surface area contributed by atoms with Gasteiger partial charge in [-0.1, -0.05) is 24.1 Å². The molecule has 1 atom stereocenters. The Morgan fingerprint density at radius 3 is 2.86 bits per heavy atom. The molecule has 0 aliphatic rings. The Hall–Kier alpha value is -1.46. The van der Waals surface area contributed by atoms with E-state index in [1.54, 1.807) is 7.11 Å². The standard InChI is InChI=1S/C12H15NO/c1-4-10(2)13-9-11-7-5-6-8-12(11)14-3/h1,5-8,10,13H,9H2,2-3H3. The zero-order chi connectivity index (χ0) is 10.4. The average Bonchev–Trinajstić information content (AvgIpc) is 2.26. The molecule has 0 aromatic heterocycles. The van der Waals surface area contributed by atoms with Crippen LogP contribution in [0.5, 0.6) is 5.75 Å². The highest BCUT2D eigenvalue weighted by molar-refractivity contribution is 5.33. The summed E-state index contributed by atoms with van der Waals surface area (Å²) in [6.45, 7) is 2.69. The van der Waals surface area contributed by atoms with E-state index in [0.717, 1.165) is 17.9 Å². The van der Waals surface area contributed by atoms with Crippen LogP contribution in [0.4, 0.5) is 0 Å². The minimum Gasteiger partial charge on any atom is -0.496 e. The second-order valence-corrected chi connectivity index (χ2v) is 3.08. The number of benzene rings is 1. The van der Waals surface area contributed by atoms with Gasteiger partial charge >= 0.3 is 0 Å². The topological polar surface area (TPSA) is 21.3 Å². The van der Waals surface area contributed by atoms with Crippen molar-refractivity contribution in [3.63, 3.8) is 0 Å². The van der Waals surface area contributed by atoms with Crippen LogP contribution in [0.1, 0.15) is 12.5 Å². The number of ether oxygens (including phenoxy) is 1. The molecule has 2 nitrogen and oxygen atoms in total. The first kappa shape index (κ1) is 10.6. The molecule has 0 saturated heterocycles. The molecule has 1 aromatic rings. The first-order valence-electron chi connectivity index (χ1n) is 4.59. The molecule has 14 heavy (non-hydrogen) atoms. The van der Waals surface area contributed by atoms with Gasteiger partial charge in [0.15, 0.2) is 0 Å². The molecule has 0 radical (unpaired) electrons. The van der Waals surface area contributed by atoms with Crippen molar-refractivity contribution in [2.75, 3.05) is 7.11 Å². The fourth-order valence-electron chi connectivity index (χ4n) is 1.17. The summed E-state index contributed by atoms with van der Waals surface area (Å²) in [7, 11) is 1.67. The van der Waals surface area contributed by atoms with E-state index < -0.39 is 0 Å². The number of terminal acetylenes is 1. The van der Waals surface area contributed by atoms with Gasteiger partial charge < -0.3 is 4.74 Å². The van der Waals surface area contributed by atoms with E-state index in [1.165, 1.54) is 0 Å². The Morgan fingerprint density at radius 1 is 1.50 bits per heavy atom. The van der Waals surface area contributed by atoms with Crippen molar-refractivity contribution in [1.82, 2.24) is 5.32 Å². The lowest BCUT2D eigenvalue weighted by Gasteiger charge is -2.10. The van der Waals surface area contributed by atoms with Crippen molar-refractivity contribution < 1.29 is 4.74 Å². The molecular weight excluding hydrogens is 174 g/mol. The highest BCUT2D eigenvalue weighted by atomic mass is 16.5. The number of nitrogens with one attached hydrogen (secondary N) is 1. The Bertz CT molecular complexity index is 327. The van der Waals surface area contributed by atoms with Crippen molar-refractivity contribution in [1.29, 1.82) is 0 Å². The Kier molecular flexibility index (Phi) is 4.03. The summed E-state index contributed by atoms with van der Waals surface area (Å²) in [5, 5.41) is 3.21. The van der Waals surface area contributed by atoms with Crippen molar-refractivity contribution in [2.45, 2.75) is 19.5 Å². The van der Waals surface area contributed by atoms with E-state index in [9.17, 15) is 0 Å². The van der Waals surface area contributed by atoms with E-state index in [0.29, 0.717) is 0 Å². The molecule has 1 aromatic carbocycles. The summed E-state index contributed by atoms with van der Waals surface area (Å²) in [6.07, 6.45) is 5.26. The molecule has 0 aliphatic heterocycles. The highest BCUT2D eigenvalue weighted by Gasteiger charge is 2.02. The largest absolute Gasteiger partial charge is 0.496 e. The lowest BCUT2D eigenvalue weighted by molar-refractivity contribution is 0.407. The molecule has 0 amide bonds. The van der Waals surface area contributed by atoms with Gasteiger partial charge in [-0.2, -0.15) is 0 Å². The predicted octanol–water partition coefficient (Wildman–Crippen LogP) is 1.81. The van der Waals surface area contributed by atoms with Gasteiger partial charge in [0.1, 0.15) is 5.75 Å². The molecule has 0 spiro atoms. The summed E-state index contributed by atoms with van der Waals surface area (Å²) in [6, 6.07) is 7.99. The fourth-order valence-corrected chi connectivity index (χ4v) is 1.17. The van der Waals surface area contributed by atoms with Crippen LogP contribution in [0.2, 0.25) is 0 Å². The zero-order valence-corrected chi connectivity index (χ0v) is 8.58. The summed E-state index contributed by atoms with van der Waals surface area (Å²) in [4.78, 5) is 0. The highest BCUT2D eigenvalue weighted by Crippen LogP contribution is 2.16. The molecule has 0 saturated carbocycles. The summed E-state index contributed by atoms with van der Waals surface area (Å²) >= 11 is 0. The lowest BCUT2D eigenvalue weighted by Crippen LogP contribution is -2.23. The average molecular weight is 189 g/mol. The van der Waals surface area contributed by atoms with Crippen LogP contribution in [0, 0.1) is 12.3 Å². The molecule has 74 valence electrons. The molecule has 0 aliphatic carbocycles. The molecule has 0 bridgehead atoms. The maximum absolute atomic E-state index is 5.26. The third-order valence-electron chi connectivity index (χ3n) is 2.04. The maximum atomic E-state index is 5.26. The quantitative estimate of drug-likeness (QED) is 0.729. The third-order valence-corrected chi connectivity index (χ3v) is 2.04. The molecular formula is C12H15NO. The number of rotatable bonds is 4. The Balaban J connectivity index is 2.63. The fraction of sp³-hybridized carbons (Fsp3) is 0.333. The minimum atomic E-state index is 0.0833. The Labute approximate surface area is 85.3 Å². The van der Waals surface area contributed by atoms with Crippen molar-refractivity contribution >= 4 is 0 Å². The summed E-state index contributed by atoms with van der Waals surface area (Å²) in [5.74, 6) is 3.51. The Morgan fingerprint density at radius 2 is 2.21 bits per heavy atom. The van der Waals surface area contributed by atoms with E-state index >= 15 is 0 Å². The molecule has 0 fully saturated rings. The van der Waals surface area contributed by atoms with Crippen molar-refractivity contribution in [3.8, 4) is 18.1 Å². The van der Waals surface area contributed by atoms with Gasteiger partial charge in [-0.05, 0) is 13.0 Å². The van der Waals surface area contributed by atoms with Crippen molar-refractivity contribution in [2.24, 2.45) is 0 Å². The van der Waals surface area contributed by atoms with E-state index in [-0.39, 0.29) is 6.04 Å². The van der Waals surface area contributed by atoms with Crippen LogP contribution >= 0.6 is 0 Å². The molecule has 0 heterocycles. The van der Waals surface area contributed by atoms with Gasteiger partial charge in [0.2, 0.25) is 0 Å². The van der Waals surface area contributed by atoms with Crippen molar-refractivity contribution in [3.05, 3.63) is 29.8 Å². The number of hydrogen-bond donors (Lipinski definition) is 1. The number of para-hydroxylation sites is 1. The van der Waals surface area contributed by atoms with Crippen LogP contribution in [-0.2, 0) is 6.54 Å². The zero-order valence-electron chi connectivity index (χ0n) is 8.58. The van der Waals surface area contributed by atoms with Gasteiger partial charge in [-0.3, -0.25) is 5.32 Å². The third kappa shape index (κ3) is 2.79. The predicted molar refractivity (Wildman–Crippen MR) is 58.1 cm³/mol. The van der Waals surface area contributed by atoms with Crippen LogP contribution < -0.4 is 10.1 Å². The van der Waals surface area contributed by atoms with Crippen LogP contribution in [0.25, 0.3) is 0 Å². The van der Waals surface area contributed by atoms with Gasteiger partial charge in [0.25, 0.3) is 0 Å². The van der Waals surface area contributed by atoms with E-state index in [4.69, 9.17) is 11.2 Å². The van der Waals surface area contributed by atoms with Gasteiger partial charge in [-0.15, -0.1) is 6.42 Å². The van der Waals surface area contributed by atoms with Crippen LogP contribution in [0.15, 0.2) is 24.3 Å². The van der Waals surface area contributed by atoms with Crippen LogP contribution in [0.3, 0.4) is 0 Å². The SMILES string of the molecule is C#CC(C)NCc1ccccc1OC. The minimum absolute atomic E-state index is 0.0833. The maximum Gasteiger partial charge on any atom is 0.123 e. The smallest absolute Gasteiger partial charge is 0.123 e. The molecule has 1 rings (SSSR count). The molecule has 1 N–H and O–H groups in total. The first-order valence-corrected chi connectivity index (χ1v) is 4.59. The van der Waals surface area contributed by atoms with E-state index in [2.05, 4.69) is 11.2 Å². The van der Waals surface area contributed by atoms with Gasteiger partial charge in [-0.25, -0.2) is 0 Å². The van der Waals surface area contributed by atoms with Crippen LogP contribution in [-0.4, -0.2) is 13.2 Å². The summed E-state index contributed by atoms with van der Waals surface area (Å²) in [5.41, 5.74) is 1.12. The second kappa shape index (κ2) is 5.31. The number of hydrogen-bond acceptors (Lipinski definition) is 2. The summed E-state index contributed by atoms with van der Waals surface area (Å²) < 4.78 is 5.22. The lowest BCUT2D eigenvalue weighted by atomic mass is 10.2. The van der Waals surface area contributed by atoms with Gasteiger partial charge in [0, 0.05) is 12.1 Å². The number of methoxy groups -OCH3 is 1. The molecule has 1 unspecified atom stereocenters. The normalized spacial score (nSPS) is 11.8.